The van der Waals surface area contributed by atoms with Gasteiger partial charge in [0.05, 0.1) is 29.0 Å². The Morgan fingerprint density at radius 2 is 1.76 bits per heavy atom. The van der Waals surface area contributed by atoms with E-state index in [0.717, 1.165) is 33.3 Å². The largest absolute Gasteiger partial charge is 0.466 e. The number of aromatic nitrogens is 2. The maximum absolute atomic E-state index is 14.1. The molecular formula is C33H28FN3O3S. The predicted molar refractivity (Wildman–Crippen MR) is 159 cm³/mol. The minimum Gasteiger partial charge on any atom is -0.466 e. The standard InChI is InChI=1S/C33H28FN3O3S/c1-4-26-29(32(39)40-3)30(22-10-6-5-7-11-22)37-31(38)28(41-33(37)35-26)18-25-20(2)36(27-13-9-8-12-24(25)27)19-21-14-16-23(34)17-15-21/h5-18,30H,4,19H2,1-3H3/b28-18+/t30-/m0/s1. The third kappa shape index (κ3) is 4.64. The van der Waals surface area contributed by atoms with Crippen molar-refractivity contribution in [3.05, 3.63) is 138 Å². The summed E-state index contributed by atoms with van der Waals surface area (Å²) in [6.07, 6.45) is 2.45. The number of carbonyl (C=O) groups is 1. The van der Waals surface area contributed by atoms with Crippen molar-refractivity contribution in [3.63, 3.8) is 0 Å². The summed E-state index contributed by atoms with van der Waals surface area (Å²) in [6.45, 7) is 4.54. The third-order valence-corrected chi connectivity index (χ3v) is 8.56. The van der Waals surface area contributed by atoms with Crippen LogP contribution < -0.4 is 14.9 Å². The average Bonchev–Trinajstić information content (AvgIpc) is 3.45. The van der Waals surface area contributed by atoms with Gasteiger partial charge in [0, 0.05) is 28.7 Å². The van der Waals surface area contributed by atoms with Crippen LogP contribution in [0.15, 0.2) is 99.9 Å². The first-order valence-electron chi connectivity index (χ1n) is 13.4. The van der Waals surface area contributed by atoms with E-state index in [1.807, 2.05) is 68.5 Å². The monoisotopic (exact) mass is 565 g/mol. The first-order chi connectivity index (χ1) is 19.9. The van der Waals surface area contributed by atoms with Crippen LogP contribution in [0.25, 0.3) is 17.0 Å². The lowest BCUT2D eigenvalue weighted by Crippen LogP contribution is -2.40. The summed E-state index contributed by atoms with van der Waals surface area (Å²) in [5.74, 6) is -0.761. The Bertz CT molecular complexity index is 2000. The number of ether oxygens (including phenoxy) is 1. The molecule has 0 aliphatic carbocycles. The highest BCUT2D eigenvalue weighted by molar-refractivity contribution is 7.07. The van der Waals surface area contributed by atoms with Crippen LogP contribution in [0.5, 0.6) is 0 Å². The van der Waals surface area contributed by atoms with Crippen LogP contribution in [-0.4, -0.2) is 22.2 Å². The van der Waals surface area contributed by atoms with Crippen LogP contribution >= 0.6 is 11.3 Å². The zero-order chi connectivity index (χ0) is 28.7. The third-order valence-electron chi connectivity index (χ3n) is 7.57. The Morgan fingerprint density at radius 1 is 1.05 bits per heavy atom. The van der Waals surface area contributed by atoms with Gasteiger partial charge < -0.3 is 9.30 Å². The molecule has 0 radical (unpaired) electrons. The molecule has 0 unspecified atom stereocenters. The SMILES string of the molecule is CCC1=C(C(=O)OC)[C@H](c2ccccc2)n2c(s/c(=C/c3c(C)n(Cc4ccc(F)cc4)c4ccccc34)c2=O)=N1. The number of allylic oxidation sites excluding steroid dienone is 1. The number of halogens is 1. The van der Waals surface area contributed by atoms with Gasteiger partial charge >= 0.3 is 5.97 Å². The molecular weight excluding hydrogens is 537 g/mol. The minimum atomic E-state index is -0.641. The zero-order valence-electron chi connectivity index (χ0n) is 22.9. The van der Waals surface area contributed by atoms with Crippen LogP contribution in [0, 0.1) is 12.7 Å². The van der Waals surface area contributed by atoms with Crippen molar-refractivity contribution in [1.82, 2.24) is 9.13 Å². The smallest absolute Gasteiger partial charge is 0.338 e. The van der Waals surface area contributed by atoms with Gasteiger partial charge in [-0.1, -0.05) is 78.9 Å². The van der Waals surface area contributed by atoms with Gasteiger partial charge in [0.2, 0.25) is 0 Å². The van der Waals surface area contributed by atoms with Crippen molar-refractivity contribution in [1.29, 1.82) is 0 Å². The molecule has 5 aromatic rings. The molecule has 6 nitrogen and oxygen atoms in total. The van der Waals surface area contributed by atoms with Gasteiger partial charge in [0.15, 0.2) is 4.80 Å². The lowest BCUT2D eigenvalue weighted by Gasteiger charge is -2.25. The molecule has 3 heterocycles. The van der Waals surface area contributed by atoms with Gasteiger partial charge in [-0.05, 0) is 48.7 Å². The number of hydrogen-bond donors (Lipinski definition) is 0. The molecule has 0 spiro atoms. The quantitative estimate of drug-likeness (QED) is 0.264. The Hall–Kier alpha value is -4.56. The summed E-state index contributed by atoms with van der Waals surface area (Å²) in [6, 6.07) is 23.4. The molecule has 41 heavy (non-hydrogen) atoms. The molecule has 1 atom stereocenters. The van der Waals surface area contributed by atoms with Gasteiger partial charge in [-0.3, -0.25) is 9.36 Å². The summed E-state index contributed by atoms with van der Waals surface area (Å²) >= 11 is 1.32. The number of thiazole rings is 1. The van der Waals surface area contributed by atoms with Crippen LogP contribution in [0.2, 0.25) is 0 Å². The van der Waals surface area contributed by atoms with Crippen molar-refractivity contribution in [3.8, 4) is 0 Å². The Labute approximate surface area is 240 Å². The van der Waals surface area contributed by atoms with Crippen molar-refractivity contribution < 1.29 is 13.9 Å². The van der Waals surface area contributed by atoms with Crippen LogP contribution in [0.1, 0.15) is 41.8 Å². The number of esters is 1. The lowest BCUT2D eigenvalue weighted by molar-refractivity contribution is -0.136. The summed E-state index contributed by atoms with van der Waals surface area (Å²) in [7, 11) is 1.35. The van der Waals surface area contributed by atoms with Crippen LogP contribution in [0.3, 0.4) is 0 Å². The van der Waals surface area contributed by atoms with Crippen molar-refractivity contribution in [2.24, 2.45) is 4.99 Å². The minimum absolute atomic E-state index is 0.214. The number of nitrogens with zero attached hydrogens (tertiary/aromatic N) is 3. The van der Waals surface area contributed by atoms with Gasteiger partial charge in [0.1, 0.15) is 5.82 Å². The average molecular weight is 566 g/mol. The number of benzene rings is 3. The molecule has 1 aliphatic heterocycles. The number of methoxy groups -OCH3 is 1. The second kappa shape index (κ2) is 10.8. The molecule has 0 saturated carbocycles. The van der Waals surface area contributed by atoms with Gasteiger partial charge in [0.25, 0.3) is 5.56 Å². The predicted octanol–water partition coefficient (Wildman–Crippen LogP) is 5.25. The maximum atomic E-state index is 14.1. The summed E-state index contributed by atoms with van der Waals surface area (Å²) < 4.78 is 23.0. The first-order valence-corrected chi connectivity index (χ1v) is 14.2. The van der Waals surface area contributed by atoms with E-state index < -0.39 is 12.0 Å². The Morgan fingerprint density at radius 3 is 2.46 bits per heavy atom. The van der Waals surface area contributed by atoms with E-state index in [0.29, 0.717) is 33.6 Å². The number of para-hydroxylation sites is 1. The number of rotatable bonds is 6. The molecule has 0 bridgehead atoms. The summed E-state index contributed by atoms with van der Waals surface area (Å²) in [5.41, 5.74) is 5.53. The van der Waals surface area contributed by atoms with Crippen LogP contribution in [0.4, 0.5) is 4.39 Å². The highest BCUT2D eigenvalue weighted by Crippen LogP contribution is 2.32. The Kier molecular flexibility index (Phi) is 7.01. The van der Waals surface area contributed by atoms with E-state index in [-0.39, 0.29) is 11.4 Å². The molecule has 3 aromatic carbocycles. The molecule has 0 amide bonds. The molecule has 6 rings (SSSR count). The van der Waals surface area contributed by atoms with Gasteiger partial charge in [-0.25, -0.2) is 14.2 Å². The van der Waals surface area contributed by atoms with E-state index in [1.165, 1.54) is 30.6 Å². The fourth-order valence-corrected chi connectivity index (χ4v) is 6.56. The van der Waals surface area contributed by atoms with E-state index in [2.05, 4.69) is 10.6 Å². The summed E-state index contributed by atoms with van der Waals surface area (Å²) in [5, 5.41) is 1.02. The number of carbonyl (C=O) groups excluding carboxylic acids is 1. The Balaban J connectivity index is 1.56. The molecule has 0 fully saturated rings. The highest BCUT2D eigenvalue weighted by atomic mass is 32.1. The van der Waals surface area contributed by atoms with E-state index in [9.17, 15) is 14.0 Å². The van der Waals surface area contributed by atoms with E-state index >= 15 is 0 Å². The lowest BCUT2D eigenvalue weighted by atomic mass is 9.95. The number of hydrogen-bond acceptors (Lipinski definition) is 5. The van der Waals surface area contributed by atoms with E-state index in [4.69, 9.17) is 9.73 Å². The molecule has 0 N–H and O–H groups in total. The molecule has 2 aromatic heterocycles. The topological polar surface area (TPSA) is 65.6 Å². The fraction of sp³-hybridized carbons (Fsp3) is 0.182. The second-order valence-electron chi connectivity index (χ2n) is 9.93. The molecule has 0 saturated heterocycles. The fourth-order valence-electron chi connectivity index (χ4n) is 5.56. The molecule has 206 valence electrons. The maximum Gasteiger partial charge on any atom is 0.338 e. The van der Waals surface area contributed by atoms with Crippen molar-refractivity contribution in [2.45, 2.75) is 32.9 Å². The van der Waals surface area contributed by atoms with Gasteiger partial charge in [-0.15, -0.1) is 0 Å². The van der Waals surface area contributed by atoms with Gasteiger partial charge in [-0.2, -0.15) is 0 Å². The molecule has 8 heteroatoms. The highest BCUT2D eigenvalue weighted by Gasteiger charge is 2.33. The second-order valence-corrected chi connectivity index (χ2v) is 10.9. The number of fused-ring (bicyclic) bond motifs is 2. The van der Waals surface area contributed by atoms with E-state index in [1.54, 1.807) is 16.7 Å². The summed E-state index contributed by atoms with van der Waals surface area (Å²) in [4.78, 5) is 32.4. The zero-order valence-corrected chi connectivity index (χ0v) is 23.7. The normalized spacial score (nSPS) is 15.2. The first kappa shape index (κ1) is 26.7. The van der Waals surface area contributed by atoms with Crippen molar-refractivity contribution in [2.75, 3.05) is 7.11 Å². The van der Waals surface area contributed by atoms with Crippen LogP contribution in [-0.2, 0) is 16.1 Å². The van der Waals surface area contributed by atoms with Crippen molar-refractivity contribution >= 4 is 34.3 Å². The molecule has 1 aliphatic rings.